The van der Waals surface area contributed by atoms with Gasteiger partial charge in [-0.25, -0.2) is 0 Å². The number of rotatable bonds is 5. The average Bonchev–Trinajstić information content (AvgIpc) is 2.60. The summed E-state index contributed by atoms with van der Waals surface area (Å²) in [6, 6.07) is 0. The number of hydrogen-bond acceptors (Lipinski definition) is 0. The van der Waals surface area contributed by atoms with Gasteiger partial charge in [0, 0.05) is 0 Å². The molecule has 80 valence electrons. The van der Waals surface area contributed by atoms with Crippen LogP contribution in [0.2, 0.25) is 0 Å². The largest absolute Gasteiger partial charge is 0.0988 e. The molecule has 0 bridgehead atoms. The van der Waals surface area contributed by atoms with E-state index in [1.807, 2.05) is 6.08 Å². The topological polar surface area (TPSA) is 0 Å². The van der Waals surface area contributed by atoms with Gasteiger partial charge in [0.15, 0.2) is 0 Å². The van der Waals surface area contributed by atoms with Gasteiger partial charge in [-0.05, 0) is 37.0 Å². The number of allylic oxidation sites excluding steroid dienone is 2. The van der Waals surface area contributed by atoms with Gasteiger partial charge in [-0.15, -0.1) is 0 Å². The van der Waals surface area contributed by atoms with Gasteiger partial charge in [0.1, 0.15) is 0 Å². The lowest BCUT2D eigenvalue weighted by molar-refractivity contribution is 0.376. The van der Waals surface area contributed by atoms with E-state index in [9.17, 15) is 0 Å². The lowest BCUT2D eigenvalue weighted by Crippen LogP contribution is -2.06. The molecule has 1 aliphatic carbocycles. The molecule has 3 atom stereocenters. The van der Waals surface area contributed by atoms with Gasteiger partial charge in [-0.3, -0.25) is 0 Å². The van der Waals surface area contributed by atoms with Crippen LogP contribution in [-0.2, 0) is 0 Å². The highest BCUT2D eigenvalue weighted by Gasteiger charge is 2.31. The van der Waals surface area contributed by atoms with Crippen LogP contribution in [0.5, 0.6) is 0 Å². The van der Waals surface area contributed by atoms with Gasteiger partial charge in [0.25, 0.3) is 0 Å². The van der Waals surface area contributed by atoms with Crippen molar-refractivity contribution in [3.8, 4) is 0 Å². The monoisotopic (exact) mass is 192 g/mol. The van der Waals surface area contributed by atoms with Crippen molar-refractivity contribution < 1.29 is 0 Å². The van der Waals surface area contributed by atoms with Crippen LogP contribution in [0.4, 0.5) is 0 Å². The summed E-state index contributed by atoms with van der Waals surface area (Å²) in [6.07, 6.45) is 8.66. The minimum atomic E-state index is 0.885. The molecule has 0 heterocycles. The Labute approximate surface area is 89.1 Å². The average molecular weight is 192 g/mol. The molecule has 0 N–H and O–H groups in total. The zero-order valence-corrected chi connectivity index (χ0v) is 9.76. The first-order chi connectivity index (χ1) is 6.71. The first-order valence-corrected chi connectivity index (χ1v) is 6.01. The normalized spacial score (nSPS) is 31.7. The lowest BCUT2D eigenvalue weighted by Gasteiger charge is -2.17. The summed E-state index contributed by atoms with van der Waals surface area (Å²) in [5, 5.41) is 0. The molecule has 0 aliphatic heterocycles. The third-order valence-electron chi connectivity index (χ3n) is 3.85. The fraction of sp³-hybridized carbons (Fsp3) is 0.714. The zero-order chi connectivity index (χ0) is 10.6. The van der Waals surface area contributed by atoms with E-state index in [-0.39, 0.29) is 0 Å². The Balaban J connectivity index is 2.50. The molecule has 0 saturated heterocycles. The van der Waals surface area contributed by atoms with E-state index in [2.05, 4.69) is 27.0 Å². The van der Waals surface area contributed by atoms with E-state index < -0.39 is 0 Å². The Morgan fingerprint density at radius 3 is 2.36 bits per heavy atom. The second-order valence-electron chi connectivity index (χ2n) is 4.74. The number of hydrogen-bond donors (Lipinski definition) is 0. The van der Waals surface area contributed by atoms with Gasteiger partial charge in [-0.2, -0.15) is 0 Å². The quantitative estimate of drug-likeness (QED) is 0.559. The highest BCUT2D eigenvalue weighted by molar-refractivity contribution is 5.12. The van der Waals surface area contributed by atoms with Crippen molar-refractivity contribution in [2.45, 2.75) is 46.0 Å². The van der Waals surface area contributed by atoms with Crippen LogP contribution < -0.4 is 0 Å². The fourth-order valence-corrected chi connectivity index (χ4v) is 2.84. The molecule has 3 unspecified atom stereocenters. The molecule has 0 aromatic rings. The maximum Gasteiger partial charge on any atom is -0.0254 e. The summed E-state index contributed by atoms with van der Waals surface area (Å²) in [7, 11) is 0. The van der Waals surface area contributed by atoms with Gasteiger partial charge in [0.2, 0.25) is 0 Å². The van der Waals surface area contributed by atoms with E-state index in [0.717, 1.165) is 17.8 Å². The van der Waals surface area contributed by atoms with Crippen molar-refractivity contribution >= 4 is 0 Å². The fourth-order valence-electron chi connectivity index (χ4n) is 2.84. The SMILES string of the molecule is C=CC(=C)CC1CC(CC)CC1CC. The van der Waals surface area contributed by atoms with Crippen molar-refractivity contribution in [2.75, 3.05) is 0 Å². The second-order valence-corrected chi connectivity index (χ2v) is 4.74. The van der Waals surface area contributed by atoms with Gasteiger partial charge < -0.3 is 0 Å². The molecular weight excluding hydrogens is 168 g/mol. The molecular formula is C14H24. The zero-order valence-electron chi connectivity index (χ0n) is 9.76. The Bertz CT molecular complexity index is 202. The summed E-state index contributed by atoms with van der Waals surface area (Å²) < 4.78 is 0. The molecule has 14 heavy (non-hydrogen) atoms. The first-order valence-electron chi connectivity index (χ1n) is 6.01. The van der Waals surface area contributed by atoms with E-state index in [0.29, 0.717) is 0 Å². The van der Waals surface area contributed by atoms with Crippen LogP contribution in [0.3, 0.4) is 0 Å². The summed E-state index contributed by atoms with van der Waals surface area (Å²) in [6.45, 7) is 12.5. The van der Waals surface area contributed by atoms with Gasteiger partial charge in [0.05, 0.1) is 0 Å². The molecule has 0 aromatic heterocycles. The molecule has 0 heteroatoms. The molecule has 0 spiro atoms. The Kier molecular flexibility index (Phi) is 4.44. The smallest absolute Gasteiger partial charge is 0.0254 e. The standard InChI is InChI=1S/C14H24/c1-5-11(4)8-14-10-12(6-2)9-13(14)7-3/h5,12-14H,1,4,6-10H2,2-3H3. The Hall–Kier alpha value is -0.520. The predicted octanol–water partition coefficient (Wildman–Crippen LogP) is 4.58. The van der Waals surface area contributed by atoms with Crippen molar-refractivity contribution in [3.05, 3.63) is 24.8 Å². The van der Waals surface area contributed by atoms with Crippen molar-refractivity contribution in [2.24, 2.45) is 17.8 Å². The van der Waals surface area contributed by atoms with E-state index in [1.54, 1.807) is 0 Å². The van der Waals surface area contributed by atoms with Crippen molar-refractivity contribution in [1.29, 1.82) is 0 Å². The van der Waals surface area contributed by atoms with E-state index >= 15 is 0 Å². The summed E-state index contributed by atoms with van der Waals surface area (Å²) in [4.78, 5) is 0. The third-order valence-corrected chi connectivity index (χ3v) is 3.85. The summed E-state index contributed by atoms with van der Waals surface area (Å²) in [5.41, 5.74) is 1.23. The van der Waals surface area contributed by atoms with Crippen LogP contribution in [0, 0.1) is 17.8 Å². The van der Waals surface area contributed by atoms with Crippen LogP contribution in [0.25, 0.3) is 0 Å². The predicted molar refractivity (Wildman–Crippen MR) is 64.2 cm³/mol. The van der Waals surface area contributed by atoms with Crippen molar-refractivity contribution in [1.82, 2.24) is 0 Å². The second kappa shape index (κ2) is 5.38. The summed E-state index contributed by atoms with van der Waals surface area (Å²) in [5.74, 6) is 2.80. The molecule has 0 nitrogen and oxygen atoms in total. The van der Waals surface area contributed by atoms with Crippen LogP contribution in [0.1, 0.15) is 46.0 Å². The minimum absolute atomic E-state index is 0.885. The molecule has 0 amide bonds. The van der Waals surface area contributed by atoms with Crippen LogP contribution in [0.15, 0.2) is 24.8 Å². The molecule has 1 saturated carbocycles. The maximum atomic E-state index is 4.04. The minimum Gasteiger partial charge on any atom is -0.0988 e. The maximum absolute atomic E-state index is 4.04. The Morgan fingerprint density at radius 1 is 1.21 bits per heavy atom. The third kappa shape index (κ3) is 2.73. The molecule has 0 radical (unpaired) electrons. The van der Waals surface area contributed by atoms with E-state index in [4.69, 9.17) is 0 Å². The van der Waals surface area contributed by atoms with Gasteiger partial charge in [-0.1, -0.05) is 51.5 Å². The molecule has 1 rings (SSSR count). The first kappa shape index (κ1) is 11.6. The summed E-state index contributed by atoms with van der Waals surface area (Å²) >= 11 is 0. The molecule has 1 fully saturated rings. The molecule has 0 aromatic carbocycles. The van der Waals surface area contributed by atoms with Crippen molar-refractivity contribution in [3.63, 3.8) is 0 Å². The Morgan fingerprint density at radius 2 is 1.86 bits per heavy atom. The van der Waals surface area contributed by atoms with Crippen LogP contribution in [-0.4, -0.2) is 0 Å². The lowest BCUT2D eigenvalue weighted by atomic mass is 9.88. The van der Waals surface area contributed by atoms with Crippen LogP contribution >= 0.6 is 0 Å². The highest BCUT2D eigenvalue weighted by Crippen LogP contribution is 2.42. The van der Waals surface area contributed by atoms with Gasteiger partial charge >= 0.3 is 0 Å². The highest BCUT2D eigenvalue weighted by atomic mass is 14.4. The molecule has 1 aliphatic rings. The van der Waals surface area contributed by atoms with E-state index in [1.165, 1.54) is 37.7 Å².